The fourth-order valence-corrected chi connectivity index (χ4v) is 2.64. The van der Waals surface area contributed by atoms with Gasteiger partial charge in [-0.1, -0.05) is 18.2 Å². The number of thiophene rings is 1. The normalized spacial score (nSPS) is 11.9. The van der Waals surface area contributed by atoms with Gasteiger partial charge in [-0.05, 0) is 37.4 Å². The number of carbonyl (C=O) groups excluding carboxylic acids is 1. The lowest BCUT2D eigenvalue weighted by atomic mass is 10.1. The van der Waals surface area contributed by atoms with Crippen LogP contribution in [0.4, 0.5) is 5.69 Å². The van der Waals surface area contributed by atoms with E-state index in [-0.39, 0.29) is 11.9 Å². The molecule has 0 aliphatic heterocycles. The van der Waals surface area contributed by atoms with Crippen LogP contribution < -0.4 is 10.6 Å². The first-order chi connectivity index (χ1) is 9.22. The molecule has 100 valence electrons. The summed E-state index contributed by atoms with van der Waals surface area (Å²) in [6.45, 7) is 4.81. The number of carbonyl (C=O) groups is 1. The molecule has 3 nitrogen and oxygen atoms in total. The molecule has 1 aromatic heterocycles. The summed E-state index contributed by atoms with van der Waals surface area (Å²) in [6, 6.07) is 11.6. The molecule has 1 heterocycles. The number of hydrogen-bond acceptors (Lipinski definition) is 3. The molecule has 0 fully saturated rings. The van der Waals surface area contributed by atoms with Crippen LogP contribution in [0.1, 0.15) is 35.1 Å². The van der Waals surface area contributed by atoms with Crippen LogP contribution in [0.25, 0.3) is 0 Å². The van der Waals surface area contributed by atoms with Crippen molar-refractivity contribution in [3.05, 3.63) is 52.2 Å². The van der Waals surface area contributed by atoms with Gasteiger partial charge in [0.1, 0.15) is 0 Å². The number of nitrogens with one attached hydrogen (secondary N) is 2. The lowest BCUT2D eigenvalue weighted by Crippen LogP contribution is -2.26. The van der Waals surface area contributed by atoms with Gasteiger partial charge in [0.05, 0.1) is 11.6 Å². The molecule has 1 aromatic carbocycles. The molecule has 1 atom stereocenters. The summed E-state index contributed by atoms with van der Waals surface area (Å²) >= 11 is 1.65. The van der Waals surface area contributed by atoms with Gasteiger partial charge in [0, 0.05) is 17.1 Å². The molecule has 0 bridgehead atoms. The highest BCUT2D eigenvalue weighted by molar-refractivity contribution is 7.10. The Morgan fingerprint density at radius 1 is 1.26 bits per heavy atom. The lowest BCUT2D eigenvalue weighted by molar-refractivity contribution is 0.0941. The Labute approximate surface area is 117 Å². The first-order valence-electron chi connectivity index (χ1n) is 6.39. The molecular weight excluding hydrogens is 256 g/mol. The van der Waals surface area contributed by atoms with E-state index in [9.17, 15) is 4.79 Å². The van der Waals surface area contributed by atoms with Crippen molar-refractivity contribution >= 4 is 22.9 Å². The maximum atomic E-state index is 12.3. The summed E-state index contributed by atoms with van der Waals surface area (Å²) in [5.41, 5.74) is 1.56. The fraction of sp³-hybridized carbons (Fsp3) is 0.267. The van der Waals surface area contributed by atoms with Crippen LogP contribution in [-0.2, 0) is 0 Å². The number of rotatable bonds is 5. The number of hydrogen-bond donors (Lipinski definition) is 2. The zero-order valence-electron chi connectivity index (χ0n) is 11.1. The maximum Gasteiger partial charge on any atom is 0.253 e. The van der Waals surface area contributed by atoms with Crippen molar-refractivity contribution in [2.75, 3.05) is 11.9 Å². The highest BCUT2D eigenvalue weighted by Gasteiger charge is 2.14. The molecule has 0 saturated heterocycles. The van der Waals surface area contributed by atoms with Crippen molar-refractivity contribution in [1.82, 2.24) is 5.32 Å². The Morgan fingerprint density at radius 3 is 2.74 bits per heavy atom. The largest absolute Gasteiger partial charge is 0.385 e. The van der Waals surface area contributed by atoms with Crippen LogP contribution >= 0.6 is 11.3 Å². The van der Waals surface area contributed by atoms with E-state index >= 15 is 0 Å². The molecule has 2 N–H and O–H groups in total. The topological polar surface area (TPSA) is 41.1 Å². The molecule has 0 spiro atoms. The highest BCUT2D eigenvalue weighted by atomic mass is 32.1. The van der Waals surface area contributed by atoms with Gasteiger partial charge in [-0.15, -0.1) is 11.3 Å². The lowest BCUT2D eigenvalue weighted by Gasteiger charge is -2.15. The summed E-state index contributed by atoms with van der Waals surface area (Å²) in [6.07, 6.45) is 0. The van der Waals surface area contributed by atoms with E-state index in [0.717, 1.165) is 17.1 Å². The van der Waals surface area contributed by atoms with E-state index in [1.165, 1.54) is 0 Å². The van der Waals surface area contributed by atoms with E-state index < -0.39 is 0 Å². The molecule has 0 radical (unpaired) electrons. The Morgan fingerprint density at radius 2 is 2.05 bits per heavy atom. The smallest absolute Gasteiger partial charge is 0.253 e. The van der Waals surface area contributed by atoms with Gasteiger partial charge >= 0.3 is 0 Å². The monoisotopic (exact) mass is 274 g/mol. The van der Waals surface area contributed by atoms with Crippen LogP contribution in [0.15, 0.2) is 41.8 Å². The van der Waals surface area contributed by atoms with Gasteiger partial charge in [0.25, 0.3) is 5.91 Å². The molecule has 0 unspecified atom stereocenters. The van der Waals surface area contributed by atoms with Crippen LogP contribution in [-0.4, -0.2) is 12.5 Å². The Kier molecular flexibility index (Phi) is 4.58. The second-order valence-corrected chi connectivity index (χ2v) is 5.27. The van der Waals surface area contributed by atoms with E-state index in [1.807, 2.05) is 55.6 Å². The second kappa shape index (κ2) is 6.38. The first kappa shape index (κ1) is 13.6. The third-order valence-electron chi connectivity index (χ3n) is 2.86. The Bertz CT molecular complexity index is 537. The molecule has 4 heteroatoms. The third-order valence-corrected chi connectivity index (χ3v) is 3.91. The van der Waals surface area contributed by atoms with E-state index in [2.05, 4.69) is 10.6 Å². The zero-order chi connectivity index (χ0) is 13.7. The third kappa shape index (κ3) is 3.35. The second-order valence-electron chi connectivity index (χ2n) is 4.29. The summed E-state index contributed by atoms with van der Waals surface area (Å²) in [5, 5.41) is 8.25. The molecule has 0 saturated carbocycles. The first-order valence-corrected chi connectivity index (χ1v) is 7.27. The summed E-state index contributed by atoms with van der Waals surface area (Å²) in [4.78, 5) is 13.5. The van der Waals surface area contributed by atoms with Gasteiger partial charge in [-0.3, -0.25) is 4.79 Å². The van der Waals surface area contributed by atoms with Gasteiger partial charge in [0.15, 0.2) is 0 Å². The van der Waals surface area contributed by atoms with Crippen LogP contribution in [0, 0.1) is 0 Å². The Hall–Kier alpha value is -1.81. The number of amides is 1. The van der Waals surface area contributed by atoms with Crippen molar-refractivity contribution in [3.63, 3.8) is 0 Å². The molecule has 1 amide bonds. The van der Waals surface area contributed by atoms with Gasteiger partial charge < -0.3 is 10.6 Å². The van der Waals surface area contributed by atoms with E-state index in [0.29, 0.717) is 5.56 Å². The molecule has 0 aliphatic rings. The standard InChI is InChI=1S/C15H18N2OS/c1-3-16-13-8-5-4-7-12(13)15(18)17-11(2)14-9-6-10-19-14/h4-11,16H,3H2,1-2H3,(H,17,18)/t11-/m0/s1. The van der Waals surface area contributed by atoms with Gasteiger partial charge in [-0.2, -0.15) is 0 Å². The predicted octanol–water partition coefficient (Wildman–Crippen LogP) is 3.67. The van der Waals surface area contributed by atoms with Crippen LogP contribution in [0.5, 0.6) is 0 Å². The maximum absolute atomic E-state index is 12.3. The minimum absolute atomic E-state index is 0.0298. The molecule has 2 rings (SSSR count). The van der Waals surface area contributed by atoms with Gasteiger partial charge in [0.2, 0.25) is 0 Å². The predicted molar refractivity (Wildman–Crippen MR) is 80.8 cm³/mol. The quantitative estimate of drug-likeness (QED) is 0.873. The average Bonchev–Trinajstić information content (AvgIpc) is 2.93. The molecular formula is C15H18N2OS. The number of benzene rings is 1. The van der Waals surface area contributed by atoms with E-state index in [4.69, 9.17) is 0 Å². The molecule has 2 aromatic rings. The zero-order valence-corrected chi connectivity index (χ0v) is 12.0. The van der Waals surface area contributed by atoms with Crippen molar-refractivity contribution in [2.24, 2.45) is 0 Å². The number of para-hydroxylation sites is 1. The molecule has 19 heavy (non-hydrogen) atoms. The van der Waals surface area contributed by atoms with Crippen LogP contribution in [0.3, 0.4) is 0 Å². The van der Waals surface area contributed by atoms with Crippen molar-refractivity contribution in [1.29, 1.82) is 0 Å². The highest BCUT2D eigenvalue weighted by Crippen LogP contribution is 2.20. The Balaban J connectivity index is 2.11. The van der Waals surface area contributed by atoms with Gasteiger partial charge in [-0.25, -0.2) is 0 Å². The minimum atomic E-state index is -0.0440. The SMILES string of the molecule is CCNc1ccccc1C(=O)N[C@@H](C)c1cccs1. The van der Waals surface area contributed by atoms with Crippen molar-refractivity contribution in [3.8, 4) is 0 Å². The van der Waals surface area contributed by atoms with Crippen LogP contribution in [0.2, 0.25) is 0 Å². The van der Waals surface area contributed by atoms with E-state index in [1.54, 1.807) is 11.3 Å². The minimum Gasteiger partial charge on any atom is -0.385 e. The fourth-order valence-electron chi connectivity index (χ4n) is 1.91. The summed E-state index contributed by atoms with van der Waals surface area (Å²) in [5.74, 6) is -0.0440. The average molecular weight is 274 g/mol. The van der Waals surface area contributed by atoms with Crippen molar-refractivity contribution in [2.45, 2.75) is 19.9 Å². The summed E-state index contributed by atoms with van der Waals surface area (Å²) in [7, 11) is 0. The number of anilines is 1. The molecule has 0 aliphatic carbocycles. The van der Waals surface area contributed by atoms with Crippen molar-refractivity contribution < 1.29 is 4.79 Å². The summed E-state index contributed by atoms with van der Waals surface area (Å²) < 4.78 is 0.